The third-order valence-corrected chi connectivity index (χ3v) is 6.04. The lowest BCUT2D eigenvalue weighted by Crippen LogP contribution is -2.24. The summed E-state index contributed by atoms with van der Waals surface area (Å²) in [6.07, 6.45) is 8.76. The summed E-state index contributed by atoms with van der Waals surface area (Å²) in [4.78, 5) is 12.0. The van der Waals surface area contributed by atoms with Crippen LogP contribution in [0.3, 0.4) is 0 Å². The normalized spacial score (nSPS) is 14.7. The Kier molecular flexibility index (Phi) is 5.91. The first-order valence-electron chi connectivity index (χ1n) is 10.2. The number of primary amides is 1. The number of nitrogens with zero attached hydrogens (tertiary/aromatic N) is 1. The Morgan fingerprint density at radius 1 is 1.07 bits per heavy atom. The highest BCUT2D eigenvalue weighted by molar-refractivity contribution is 6.31. The van der Waals surface area contributed by atoms with E-state index in [1.54, 1.807) is 0 Å². The van der Waals surface area contributed by atoms with Gasteiger partial charge in [0.2, 0.25) is 0 Å². The minimum atomic E-state index is -0.404. The fourth-order valence-corrected chi connectivity index (χ4v) is 4.33. The van der Waals surface area contributed by atoms with Gasteiger partial charge in [0.05, 0.1) is 5.56 Å². The number of aromatic nitrogens is 1. The Hall–Kier alpha value is -2.72. The molecule has 3 aromatic rings. The van der Waals surface area contributed by atoms with Crippen LogP contribution in [-0.4, -0.2) is 16.5 Å². The molecule has 1 fully saturated rings. The van der Waals surface area contributed by atoms with E-state index in [1.165, 1.54) is 19.3 Å². The monoisotopic (exact) mass is 407 g/mol. The summed E-state index contributed by atoms with van der Waals surface area (Å²) in [7, 11) is 0. The molecule has 4 nitrogen and oxygen atoms in total. The van der Waals surface area contributed by atoms with Gasteiger partial charge in [-0.3, -0.25) is 4.79 Å². The van der Waals surface area contributed by atoms with Crippen molar-refractivity contribution >= 4 is 23.2 Å². The summed E-state index contributed by atoms with van der Waals surface area (Å²) < 4.78 is 2.14. The first-order chi connectivity index (χ1) is 14.1. The largest absolute Gasteiger partial charge is 0.382 e. The molecule has 2 aromatic carbocycles. The molecule has 1 aromatic heterocycles. The Labute approximate surface area is 176 Å². The van der Waals surface area contributed by atoms with Gasteiger partial charge in [-0.25, -0.2) is 0 Å². The zero-order chi connectivity index (χ0) is 20.2. The summed E-state index contributed by atoms with van der Waals surface area (Å²) >= 11 is 6.36. The number of amides is 1. The van der Waals surface area contributed by atoms with E-state index in [1.807, 2.05) is 54.7 Å². The molecule has 29 heavy (non-hydrogen) atoms. The molecule has 0 aliphatic heterocycles. The van der Waals surface area contributed by atoms with Gasteiger partial charge in [0.15, 0.2) is 0 Å². The van der Waals surface area contributed by atoms with Gasteiger partial charge in [0.25, 0.3) is 5.91 Å². The number of nitrogens with one attached hydrogen (secondary N) is 1. The van der Waals surface area contributed by atoms with Crippen molar-refractivity contribution in [3.63, 3.8) is 0 Å². The molecule has 0 atom stereocenters. The van der Waals surface area contributed by atoms with Crippen LogP contribution in [0.1, 0.15) is 53.7 Å². The first-order valence-corrected chi connectivity index (χ1v) is 10.6. The average Bonchev–Trinajstić information content (AvgIpc) is 3.18. The van der Waals surface area contributed by atoms with Crippen molar-refractivity contribution < 1.29 is 4.79 Å². The lowest BCUT2D eigenvalue weighted by molar-refractivity contribution is 0.100. The van der Waals surface area contributed by atoms with Gasteiger partial charge in [-0.2, -0.15) is 0 Å². The lowest BCUT2D eigenvalue weighted by Gasteiger charge is -2.25. The van der Waals surface area contributed by atoms with E-state index >= 15 is 0 Å². The maximum Gasteiger partial charge on any atom is 0.250 e. The molecule has 1 aliphatic carbocycles. The van der Waals surface area contributed by atoms with Gasteiger partial charge in [-0.15, -0.1) is 0 Å². The average molecular weight is 408 g/mol. The molecule has 150 valence electrons. The van der Waals surface area contributed by atoms with Crippen LogP contribution < -0.4 is 11.1 Å². The Bertz CT molecular complexity index is 1000. The van der Waals surface area contributed by atoms with E-state index in [-0.39, 0.29) is 0 Å². The number of benzene rings is 2. The molecule has 1 heterocycles. The van der Waals surface area contributed by atoms with E-state index in [0.29, 0.717) is 11.6 Å². The van der Waals surface area contributed by atoms with Crippen LogP contribution in [0.2, 0.25) is 5.02 Å². The van der Waals surface area contributed by atoms with Gasteiger partial charge < -0.3 is 15.6 Å². The summed E-state index contributed by atoms with van der Waals surface area (Å²) in [5.74, 6) is -0.404. The smallest absolute Gasteiger partial charge is 0.250 e. The quantitative estimate of drug-likeness (QED) is 0.561. The fraction of sp³-hybridized carbons (Fsp3) is 0.292. The molecule has 0 spiro atoms. The molecule has 0 unspecified atom stereocenters. The second-order valence-electron chi connectivity index (χ2n) is 7.71. The zero-order valence-electron chi connectivity index (χ0n) is 16.4. The number of nitrogens with two attached hydrogens (primary N) is 1. The molecule has 0 bridgehead atoms. The molecular weight excluding hydrogens is 382 g/mol. The van der Waals surface area contributed by atoms with Crippen LogP contribution in [-0.2, 0) is 6.42 Å². The van der Waals surface area contributed by atoms with Crippen LogP contribution in [0.4, 0.5) is 5.69 Å². The Balaban J connectivity index is 1.65. The summed E-state index contributed by atoms with van der Waals surface area (Å²) in [6, 6.07) is 18.2. The van der Waals surface area contributed by atoms with Crippen LogP contribution in [0.5, 0.6) is 0 Å². The third-order valence-electron chi connectivity index (χ3n) is 5.67. The minimum absolute atomic E-state index is 0.393. The van der Waals surface area contributed by atoms with Crippen molar-refractivity contribution in [2.24, 2.45) is 5.73 Å². The summed E-state index contributed by atoms with van der Waals surface area (Å²) in [6.45, 7) is 0. The van der Waals surface area contributed by atoms with Gasteiger partial charge >= 0.3 is 0 Å². The summed E-state index contributed by atoms with van der Waals surface area (Å²) in [5.41, 5.74) is 10.2. The van der Waals surface area contributed by atoms with Crippen LogP contribution in [0.15, 0.2) is 60.8 Å². The standard InChI is InChI=1S/C24H26ClN3O/c25-22-11-5-4-7-17(22)15-19-10-6-14-28(19)20-12-13-21(24(26)29)23(16-20)27-18-8-2-1-3-9-18/h4-7,10-14,16,18,27H,1-3,8-9,15H2,(H2,26,29). The molecular formula is C24H26ClN3O. The van der Waals surface area contributed by atoms with Crippen LogP contribution in [0, 0.1) is 0 Å². The van der Waals surface area contributed by atoms with Crippen LogP contribution >= 0.6 is 11.6 Å². The molecule has 1 aliphatic rings. The van der Waals surface area contributed by atoms with Crippen molar-refractivity contribution in [2.75, 3.05) is 5.32 Å². The predicted octanol–water partition coefficient (Wildman–Crippen LogP) is 5.57. The van der Waals surface area contributed by atoms with E-state index < -0.39 is 5.91 Å². The van der Waals surface area contributed by atoms with Gasteiger partial charge in [0, 0.05) is 40.8 Å². The molecule has 1 saturated carbocycles. The summed E-state index contributed by atoms with van der Waals surface area (Å²) in [5, 5.41) is 4.34. The number of carbonyl (C=O) groups is 1. The van der Waals surface area contributed by atoms with E-state index in [9.17, 15) is 4.79 Å². The SMILES string of the molecule is NC(=O)c1ccc(-n2cccc2Cc2ccccc2Cl)cc1NC1CCCCC1. The number of halogens is 1. The lowest BCUT2D eigenvalue weighted by atomic mass is 9.95. The molecule has 0 saturated heterocycles. The van der Waals surface area contributed by atoms with Crippen LogP contribution in [0.25, 0.3) is 5.69 Å². The minimum Gasteiger partial charge on any atom is -0.382 e. The van der Waals surface area contributed by atoms with Gasteiger partial charge in [-0.1, -0.05) is 49.1 Å². The van der Waals surface area contributed by atoms with Gasteiger partial charge in [-0.05, 0) is 54.8 Å². The van der Waals surface area contributed by atoms with Crippen molar-refractivity contribution in [1.29, 1.82) is 0 Å². The number of carbonyl (C=O) groups excluding carboxylic acids is 1. The highest BCUT2D eigenvalue weighted by atomic mass is 35.5. The molecule has 0 radical (unpaired) electrons. The highest BCUT2D eigenvalue weighted by Gasteiger charge is 2.17. The fourth-order valence-electron chi connectivity index (χ4n) is 4.13. The van der Waals surface area contributed by atoms with Crippen molar-refractivity contribution in [2.45, 2.75) is 44.6 Å². The Morgan fingerprint density at radius 3 is 2.62 bits per heavy atom. The molecule has 3 N–H and O–H groups in total. The Morgan fingerprint density at radius 2 is 1.86 bits per heavy atom. The van der Waals surface area contributed by atoms with Crippen molar-refractivity contribution in [3.05, 3.63) is 82.6 Å². The van der Waals surface area contributed by atoms with Gasteiger partial charge in [0.1, 0.15) is 0 Å². The molecule has 5 heteroatoms. The number of hydrogen-bond acceptors (Lipinski definition) is 2. The van der Waals surface area contributed by atoms with E-state index in [4.69, 9.17) is 17.3 Å². The second-order valence-corrected chi connectivity index (χ2v) is 8.12. The maximum absolute atomic E-state index is 12.0. The van der Waals surface area contributed by atoms with Crippen molar-refractivity contribution in [3.8, 4) is 5.69 Å². The number of rotatable bonds is 6. The van der Waals surface area contributed by atoms with Crippen molar-refractivity contribution in [1.82, 2.24) is 4.57 Å². The number of hydrogen-bond donors (Lipinski definition) is 2. The second kappa shape index (κ2) is 8.75. The highest BCUT2D eigenvalue weighted by Crippen LogP contribution is 2.27. The van der Waals surface area contributed by atoms with E-state index in [0.717, 1.165) is 46.9 Å². The topological polar surface area (TPSA) is 60.1 Å². The predicted molar refractivity (Wildman–Crippen MR) is 119 cm³/mol. The van der Waals surface area contributed by atoms with E-state index in [2.05, 4.69) is 16.0 Å². The maximum atomic E-state index is 12.0. The number of anilines is 1. The first kappa shape index (κ1) is 19.6. The third kappa shape index (κ3) is 4.48. The zero-order valence-corrected chi connectivity index (χ0v) is 17.2. The molecule has 1 amide bonds. The molecule has 4 rings (SSSR count).